The summed E-state index contributed by atoms with van der Waals surface area (Å²) < 4.78 is 5.65. The van der Waals surface area contributed by atoms with Crippen molar-refractivity contribution in [1.29, 1.82) is 0 Å². The van der Waals surface area contributed by atoms with Gasteiger partial charge in [-0.3, -0.25) is 14.4 Å². The van der Waals surface area contributed by atoms with Crippen molar-refractivity contribution < 1.29 is 19.1 Å². The molecule has 1 saturated heterocycles. The Labute approximate surface area is 152 Å². The largest absolute Gasteiger partial charge is 0.375 e. The minimum atomic E-state index is -0.730. The molecule has 0 aromatic heterocycles. The van der Waals surface area contributed by atoms with Gasteiger partial charge >= 0.3 is 0 Å². The highest BCUT2D eigenvalue weighted by molar-refractivity contribution is 6.09. The third-order valence-corrected chi connectivity index (χ3v) is 4.77. The second-order valence-electron chi connectivity index (χ2n) is 7.46. The van der Waals surface area contributed by atoms with E-state index in [1.165, 1.54) is 0 Å². The van der Waals surface area contributed by atoms with Crippen LogP contribution in [0.3, 0.4) is 0 Å². The first-order valence-corrected chi connectivity index (χ1v) is 8.98. The van der Waals surface area contributed by atoms with Crippen molar-refractivity contribution in [3.63, 3.8) is 0 Å². The molecule has 1 aromatic carbocycles. The van der Waals surface area contributed by atoms with Gasteiger partial charge in [-0.15, -0.1) is 0 Å². The van der Waals surface area contributed by atoms with Gasteiger partial charge in [-0.1, -0.05) is 12.1 Å². The maximum Gasteiger partial charge on any atom is 0.254 e. The lowest BCUT2D eigenvalue weighted by atomic mass is 9.94. The van der Waals surface area contributed by atoms with Gasteiger partial charge in [0.05, 0.1) is 16.9 Å². The van der Waals surface area contributed by atoms with Crippen molar-refractivity contribution in [2.45, 2.75) is 57.2 Å². The average molecular weight is 359 g/mol. The Morgan fingerprint density at radius 1 is 1.31 bits per heavy atom. The van der Waals surface area contributed by atoms with Gasteiger partial charge < -0.3 is 20.7 Å². The minimum absolute atomic E-state index is 0.0769. The normalized spacial score (nSPS) is 24.7. The summed E-state index contributed by atoms with van der Waals surface area (Å²) in [5, 5.41) is 8.46. The number of amides is 3. The molecule has 0 spiro atoms. The van der Waals surface area contributed by atoms with Gasteiger partial charge in [0.1, 0.15) is 6.04 Å². The van der Waals surface area contributed by atoms with Gasteiger partial charge in [0.15, 0.2) is 0 Å². The van der Waals surface area contributed by atoms with E-state index in [1.807, 2.05) is 13.8 Å². The molecule has 0 bridgehead atoms. The molecule has 0 aliphatic carbocycles. The van der Waals surface area contributed by atoms with Crippen LogP contribution < -0.4 is 16.0 Å². The summed E-state index contributed by atoms with van der Waals surface area (Å²) in [6, 6.07) is 6.20. The molecule has 3 amide bonds. The van der Waals surface area contributed by atoms with Crippen molar-refractivity contribution in [2.24, 2.45) is 0 Å². The first kappa shape index (κ1) is 18.4. The molecule has 7 heteroatoms. The molecule has 0 radical (unpaired) electrons. The Balaban J connectivity index is 1.54. The number of rotatable bonds is 4. The van der Waals surface area contributed by atoms with Gasteiger partial charge in [0.25, 0.3) is 5.91 Å². The number of para-hydroxylation sites is 1. The second kappa shape index (κ2) is 7.45. The van der Waals surface area contributed by atoms with Gasteiger partial charge in [0, 0.05) is 19.1 Å². The number of hydrogen-bond donors (Lipinski definition) is 3. The average Bonchev–Trinajstić information content (AvgIpc) is 2.69. The smallest absolute Gasteiger partial charge is 0.254 e. The van der Waals surface area contributed by atoms with E-state index in [1.54, 1.807) is 24.3 Å². The summed E-state index contributed by atoms with van der Waals surface area (Å²) in [6.07, 6.45) is 1.97. The zero-order valence-electron chi connectivity index (χ0n) is 15.1. The van der Waals surface area contributed by atoms with Crippen molar-refractivity contribution in [2.75, 3.05) is 11.9 Å². The van der Waals surface area contributed by atoms with Gasteiger partial charge in [-0.2, -0.15) is 0 Å². The Morgan fingerprint density at radius 2 is 2.08 bits per heavy atom. The first-order valence-electron chi connectivity index (χ1n) is 8.98. The third kappa shape index (κ3) is 4.40. The molecule has 3 rings (SSSR count). The van der Waals surface area contributed by atoms with Crippen LogP contribution in [0.5, 0.6) is 0 Å². The molecule has 0 saturated carbocycles. The van der Waals surface area contributed by atoms with Crippen molar-refractivity contribution in [3.8, 4) is 0 Å². The van der Waals surface area contributed by atoms with Gasteiger partial charge in [0.2, 0.25) is 11.8 Å². The van der Waals surface area contributed by atoms with Crippen LogP contribution in [0.4, 0.5) is 5.69 Å². The predicted molar refractivity (Wildman–Crippen MR) is 96.8 cm³/mol. The third-order valence-electron chi connectivity index (χ3n) is 4.77. The molecule has 3 N–H and O–H groups in total. The molecule has 2 atom stereocenters. The number of nitrogens with one attached hydrogen (secondary N) is 3. The van der Waals surface area contributed by atoms with Crippen LogP contribution in [0.2, 0.25) is 0 Å². The topological polar surface area (TPSA) is 96.5 Å². The molecule has 140 valence electrons. The maximum absolute atomic E-state index is 12.3. The number of anilines is 1. The summed E-state index contributed by atoms with van der Waals surface area (Å²) >= 11 is 0. The molecule has 2 aliphatic rings. The summed E-state index contributed by atoms with van der Waals surface area (Å²) in [7, 11) is 0. The van der Waals surface area contributed by atoms with Crippen LogP contribution in [0, 0.1) is 0 Å². The monoisotopic (exact) mass is 359 g/mol. The molecule has 2 aliphatic heterocycles. The Hall–Kier alpha value is -2.41. The lowest BCUT2D eigenvalue weighted by Gasteiger charge is -2.35. The Kier molecular flexibility index (Phi) is 5.27. The SMILES string of the molecule is CC1(C)C[C@H](NC(=O)CC[C@@H]2NC(=O)c3ccccc3NC2=O)CCO1. The van der Waals surface area contributed by atoms with E-state index in [2.05, 4.69) is 16.0 Å². The molecule has 2 heterocycles. The molecule has 26 heavy (non-hydrogen) atoms. The highest BCUT2D eigenvalue weighted by Crippen LogP contribution is 2.24. The van der Waals surface area contributed by atoms with E-state index in [0.29, 0.717) is 17.9 Å². The summed E-state index contributed by atoms with van der Waals surface area (Å²) in [4.78, 5) is 36.9. The van der Waals surface area contributed by atoms with Gasteiger partial charge in [-0.25, -0.2) is 0 Å². The molecular weight excluding hydrogens is 334 g/mol. The summed E-state index contributed by atoms with van der Waals surface area (Å²) in [5.41, 5.74) is 0.681. The number of carbonyl (C=O) groups is 3. The quantitative estimate of drug-likeness (QED) is 0.761. The predicted octanol–water partition coefficient (Wildman–Crippen LogP) is 1.59. The van der Waals surface area contributed by atoms with Crippen molar-refractivity contribution >= 4 is 23.4 Å². The summed E-state index contributed by atoms with van der Waals surface area (Å²) in [6.45, 7) is 4.64. The van der Waals surface area contributed by atoms with Crippen LogP contribution in [0.25, 0.3) is 0 Å². The highest BCUT2D eigenvalue weighted by atomic mass is 16.5. The number of benzene rings is 1. The fraction of sp³-hybridized carbons (Fsp3) is 0.526. The van der Waals surface area contributed by atoms with Crippen LogP contribution in [0.1, 0.15) is 49.9 Å². The van der Waals surface area contributed by atoms with Crippen LogP contribution in [0.15, 0.2) is 24.3 Å². The minimum Gasteiger partial charge on any atom is -0.375 e. The Bertz CT molecular complexity index is 716. The van der Waals surface area contributed by atoms with Crippen LogP contribution >= 0.6 is 0 Å². The number of hydrogen-bond acceptors (Lipinski definition) is 4. The highest BCUT2D eigenvalue weighted by Gasteiger charge is 2.31. The zero-order chi connectivity index (χ0) is 18.7. The van der Waals surface area contributed by atoms with E-state index >= 15 is 0 Å². The first-order chi connectivity index (χ1) is 12.3. The van der Waals surface area contributed by atoms with E-state index < -0.39 is 6.04 Å². The van der Waals surface area contributed by atoms with Crippen LogP contribution in [-0.2, 0) is 14.3 Å². The molecule has 7 nitrogen and oxygen atoms in total. The standard InChI is InChI=1S/C19H25N3O4/c1-19(2)11-12(9-10-26-19)20-16(23)8-7-15-18(25)21-14-6-4-3-5-13(14)17(24)22-15/h3-6,12,15H,7-11H2,1-2H3,(H,20,23)(H,21,25)(H,22,24)/t12-,15+/m1/s1. The van der Waals surface area contributed by atoms with Crippen molar-refractivity contribution in [1.82, 2.24) is 10.6 Å². The molecule has 0 unspecified atom stereocenters. The molecular formula is C19H25N3O4. The lowest BCUT2D eigenvalue weighted by molar-refractivity contribution is -0.124. The van der Waals surface area contributed by atoms with E-state index in [-0.39, 0.29) is 42.2 Å². The van der Waals surface area contributed by atoms with Crippen LogP contribution in [-0.4, -0.2) is 42.0 Å². The Morgan fingerprint density at radius 3 is 2.85 bits per heavy atom. The number of carbonyl (C=O) groups excluding carboxylic acids is 3. The van der Waals surface area contributed by atoms with E-state index in [4.69, 9.17) is 4.74 Å². The molecule has 1 fully saturated rings. The van der Waals surface area contributed by atoms with Crippen molar-refractivity contribution in [3.05, 3.63) is 29.8 Å². The maximum atomic E-state index is 12.3. The fourth-order valence-corrected chi connectivity index (χ4v) is 3.45. The lowest BCUT2D eigenvalue weighted by Crippen LogP contribution is -2.46. The number of ether oxygens (including phenoxy) is 1. The van der Waals surface area contributed by atoms with E-state index in [0.717, 1.165) is 12.8 Å². The fourth-order valence-electron chi connectivity index (χ4n) is 3.45. The molecule has 1 aromatic rings. The second-order valence-corrected chi connectivity index (χ2v) is 7.46. The van der Waals surface area contributed by atoms with Gasteiger partial charge in [-0.05, 0) is 45.2 Å². The number of fused-ring (bicyclic) bond motifs is 1. The zero-order valence-corrected chi connectivity index (χ0v) is 15.1. The van der Waals surface area contributed by atoms with E-state index in [9.17, 15) is 14.4 Å². The summed E-state index contributed by atoms with van der Waals surface area (Å²) in [5.74, 6) is -0.727.